The van der Waals surface area contributed by atoms with Gasteiger partial charge < -0.3 is 4.90 Å². The van der Waals surface area contributed by atoms with Crippen LogP contribution in [0.25, 0.3) is 0 Å². The van der Waals surface area contributed by atoms with Crippen molar-refractivity contribution >= 4 is 28.5 Å². The minimum absolute atomic E-state index is 0.0168. The molecule has 0 atom stereocenters. The molecular weight excluding hydrogens is 281 g/mol. The van der Waals surface area contributed by atoms with Gasteiger partial charge in [0.25, 0.3) is 5.91 Å². The third-order valence-electron chi connectivity index (χ3n) is 1.90. The number of hydrogen-bond donors (Lipinski definition) is 1. The molecule has 1 amide bonds. The van der Waals surface area contributed by atoms with Gasteiger partial charge in [-0.3, -0.25) is 9.89 Å². The molecule has 0 saturated carbocycles. The van der Waals surface area contributed by atoms with Crippen LogP contribution in [0.1, 0.15) is 24.3 Å². The normalized spacial score (nSPS) is 10.5. The molecule has 72 valence electrons. The summed E-state index contributed by atoms with van der Waals surface area (Å²) in [7, 11) is 1.78. The van der Waals surface area contributed by atoms with Crippen LogP contribution in [-0.4, -0.2) is 34.1 Å². The van der Waals surface area contributed by atoms with Crippen molar-refractivity contribution in [2.24, 2.45) is 0 Å². The van der Waals surface area contributed by atoms with Gasteiger partial charge in [0, 0.05) is 13.1 Å². The van der Waals surface area contributed by atoms with Crippen LogP contribution in [0.4, 0.5) is 0 Å². The molecule has 0 bridgehead atoms. The minimum Gasteiger partial charge on any atom is -0.338 e. The molecule has 0 saturated heterocycles. The van der Waals surface area contributed by atoms with Crippen LogP contribution in [0.15, 0.2) is 6.20 Å². The quantitative estimate of drug-likeness (QED) is 0.840. The fourth-order valence-corrected chi connectivity index (χ4v) is 1.32. The third-order valence-corrected chi connectivity index (χ3v) is 2.72. The second kappa shape index (κ2) is 4.08. The van der Waals surface area contributed by atoms with E-state index in [2.05, 4.69) is 32.8 Å². The maximum absolute atomic E-state index is 11.7. The number of nitrogens with one attached hydrogen (secondary N) is 1. The molecule has 1 N–H and O–H groups in total. The van der Waals surface area contributed by atoms with Crippen LogP contribution in [-0.2, 0) is 0 Å². The lowest BCUT2D eigenvalue weighted by atomic mass is 10.3. The largest absolute Gasteiger partial charge is 0.338 e. The van der Waals surface area contributed by atoms with Crippen molar-refractivity contribution in [1.29, 1.82) is 0 Å². The van der Waals surface area contributed by atoms with E-state index in [1.165, 1.54) is 0 Å². The Balaban J connectivity index is 2.86. The van der Waals surface area contributed by atoms with Crippen molar-refractivity contribution in [3.8, 4) is 0 Å². The number of H-pyrrole nitrogens is 1. The lowest BCUT2D eigenvalue weighted by Crippen LogP contribution is -2.33. The van der Waals surface area contributed by atoms with Crippen molar-refractivity contribution in [2.75, 3.05) is 7.05 Å². The second-order valence-electron chi connectivity index (χ2n) is 3.10. The first-order valence-corrected chi connectivity index (χ1v) is 5.08. The zero-order chi connectivity index (χ0) is 10.0. The molecule has 0 aromatic carbocycles. The number of rotatable bonds is 2. The predicted molar refractivity (Wildman–Crippen MR) is 58.5 cm³/mol. The first-order valence-electron chi connectivity index (χ1n) is 4.00. The molecule has 0 unspecified atom stereocenters. The molecular formula is C8H12IN3O. The van der Waals surface area contributed by atoms with Crippen molar-refractivity contribution in [2.45, 2.75) is 19.9 Å². The monoisotopic (exact) mass is 293 g/mol. The van der Waals surface area contributed by atoms with Crippen LogP contribution in [0.2, 0.25) is 0 Å². The van der Waals surface area contributed by atoms with Crippen molar-refractivity contribution in [1.82, 2.24) is 15.1 Å². The van der Waals surface area contributed by atoms with E-state index >= 15 is 0 Å². The molecule has 4 nitrogen and oxygen atoms in total. The fraction of sp³-hybridized carbons (Fsp3) is 0.500. The van der Waals surface area contributed by atoms with Crippen LogP contribution < -0.4 is 0 Å². The summed E-state index contributed by atoms with van der Waals surface area (Å²) < 4.78 is 0.857. The Morgan fingerprint density at radius 2 is 2.31 bits per heavy atom. The summed E-state index contributed by atoms with van der Waals surface area (Å²) in [5.41, 5.74) is 0.566. The number of amides is 1. The summed E-state index contributed by atoms with van der Waals surface area (Å²) in [6, 6.07) is 0.201. The Morgan fingerprint density at radius 1 is 1.69 bits per heavy atom. The van der Waals surface area contributed by atoms with E-state index in [-0.39, 0.29) is 11.9 Å². The molecule has 0 aliphatic carbocycles. The molecule has 1 heterocycles. The SMILES string of the molecule is CC(C)N(C)C(=O)c1[nH]ncc1I. The maximum atomic E-state index is 11.7. The number of carbonyl (C=O) groups is 1. The van der Waals surface area contributed by atoms with Gasteiger partial charge in [0.1, 0.15) is 5.69 Å². The Kier molecular flexibility index (Phi) is 3.29. The summed E-state index contributed by atoms with van der Waals surface area (Å²) >= 11 is 2.09. The standard InChI is InChI=1S/C8H12IN3O/c1-5(2)12(3)8(13)7-6(9)4-10-11-7/h4-5H,1-3H3,(H,10,11). The first-order chi connectivity index (χ1) is 6.04. The highest BCUT2D eigenvalue weighted by Gasteiger charge is 2.18. The zero-order valence-corrected chi connectivity index (χ0v) is 9.99. The highest BCUT2D eigenvalue weighted by molar-refractivity contribution is 14.1. The Bertz CT molecular complexity index is 308. The predicted octanol–water partition coefficient (Wildman–Crippen LogP) is 1.49. The van der Waals surface area contributed by atoms with Gasteiger partial charge in [0.05, 0.1) is 9.77 Å². The molecule has 0 fully saturated rings. The Labute approximate surface area is 90.8 Å². The summed E-state index contributed by atoms with van der Waals surface area (Å²) in [4.78, 5) is 13.4. The van der Waals surface area contributed by atoms with E-state index in [0.29, 0.717) is 5.69 Å². The summed E-state index contributed by atoms with van der Waals surface area (Å²) in [5, 5.41) is 6.50. The molecule has 13 heavy (non-hydrogen) atoms. The van der Waals surface area contributed by atoms with E-state index < -0.39 is 0 Å². The zero-order valence-electron chi connectivity index (χ0n) is 7.84. The lowest BCUT2D eigenvalue weighted by molar-refractivity contribution is 0.0748. The topological polar surface area (TPSA) is 49.0 Å². The average Bonchev–Trinajstić information content (AvgIpc) is 2.48. The van der Waals surface area contributed by atoms with Crippen LogP contribution in [0.5, 0.6) is 0 Å². The first kappa shape index (κ1) is 10.5. The van der Waals surface area contributed by atoms with Gasteiger partial charge in [-0.1, -0.05) is 0 Å². The van der Waals surface area contributed by atoms with E-state index in [1.807, 2.05) is 13.8 Å². The summed E-state index contributed by atoms with van der Waals surface area (Å²) in [6.07, 6.45) is 1.64. The molecule has 1 aromatic rings. The van der Waals surface area contributed by atoms with Crippen LogP contribution >= 0.6 is 22.6 Å². The number of nitrogens with zero attached hydrogens (tertiary/aromatic N) is 2. The highest BCUT2D eigenvalue weighted by atomic mass is 127. The molecule has 1 rings (SSSR count). The maximum Gasteiger partial charge on any atom is 0.272 e. The second-order valence-corrected chi connectivity index (χ2v) is 4.26. The summed E-state index contributed by atoms with van der Waals surface area (Å²) in [5.74, 6) is -0.0168. The number of aromatic nitrogens is 2. The van der Waals surface area contributed by atoms with Gasteiger partial charge in [0.2, 0.25) is 0 Å². The van der Waals surface area contributed by atoms with Gasteiger partial charge in [-0.2, -0.15) is 5.10 Å². The van der Waals surface area contributed by atoms with Crippen LogP contribution in [0, 0.1) is 3.57 Å². The summed E-state index contributed by atoms with van der Waals surface area (Å²) in [6.45, 7) is 3.95. The lowest BCUT2D eigenvalue weighted by Gasteiger charge is -2.20. The van der Waals surface area contributed by atoms with E-state index in [9.17, 15) is 4.79 Å². The number of carbonyl (C=O) groups excluding carboxylic acids is 1. The number of halogens is 1. The molecule has 5 heteroatoms. The van der Waals surface area contributed by atoms with Gasteiger partial charge in [0.15, 0.2) is 0 Å². The minimum atomic E-state index is -0.0168. The Morgan fingerprint density at radius 3 is 2.69 bits per heavy atom. The molecule has 0 aliphatic rings. The smallest absolute Gasteiger partial charge is 0.272 e. The van der Waals surface area contributed by atoms with Gasteiger partial charge in [-0.25, -0.2) is 0 Å². The van der Waals surface area contributed by atoms with Gasteiger partial charge >= 0.3 is 0 Å². The Hall–Kier alpha value is -0.590. The molecule has 1 aromatic heterocycles. The van der Waals surface area contributed by atoms with Gasteiger partial charge in [-0.05, 0) is 36.4 Å². The van der Waals surface area contributed by atoms with Gasteiger partial charge in [-0.15, -0.1) is 0 Å². The van der Waals surface area contributed by atoms with E-state index in [0.717, 1.165) is 3.57 Å². The van der Waals surface area contributed by atoms with Crippen LogP contribution in [0.3, 0.4) is 0 Å². The molecule has 0 spiro atoms. The third kappa shape index (κ3) is 2.20. The number of aromatic amines is 1. The molecule has 0 radical (unpaired) electrons. The van der Waals surface area contributed by atoms with Crippen molar-refractivity contribution < 1.29 is 4.79 Å². The van der Waals surface area contributed by atoms with Crippen molar-refractivity contribution in [3.05, 3.63) is 15.5 Å². The van der Waals surface area contributed by atoms with E-state index in [1.54, 1.807) is 18.1 Å². The average molecular weight is 293 g/mol. The highest BCUT2D eigenvalue weighted by Crippen LogP contribution is 2.11. The molecule has 0 aliphatic heterocycles. The van der Waals surface area contributed by atoms with E-state index in [4.69, 9.17) is 0 Å². The van der Waals surface area contributed by atoms with Crippen molar-refractivity contribution in [3.63, 3.8) is 0 Å². The number of hydrogen-bond acceptors (Lipinski definition) is 2. The fourth-order valence-electron chi connectivity index (χ4n) is 0.832.